The zero-order valence-corrected chi connectivity index (χ0v) is 16.1. The smallest absolute Gasteiger partial charge is 0.270 e. The van der Waals surface area contributed by atoms with Crippen molar-refractivity contribution in [3.8, 4) is 0 Å². The average molecular weight is 366 g/mol. The maximum Gasteiger partial charge on any atom is 0.401 e. The average Bonchev–Trinajstić information content (AvgIpc) is 3.16. The minimum absolute atomic E-state index is 0.192. The summed E-state index contributed by atoms with van der Waals surface area (Å²) in [7, 11) is 3.62. The van der Waals surface area contributed by atoms with Crippen LogP contribution in [0.4, 0.5) is 10.7 Å². The molecule has 1 fully saturated rings. The molecule has 27 heavy (non-hydrogen) atoms. The van der Waals surface area contributed by atoms with E-state index in [4.69, 9.17) is 0 Å². The van der Waals surface area contributed by atoms with Crippen molar-refractivity contribution in [3.63, 3.8) is 0 Å². The summed E-state index contributed by atoms with van der Waals surface area (Å²) in [5.41, 5.74) is 3.27. The van der Waals surface area contributed by atoms with Gasteiger partial charge in [-0.25, -0.2) is 13.9 Å². The summed E-state index contributed by atoms with van der Waals surface area (Å²) in [5, 5.41) is 0. The van der Waals surface area contributed by atoms with Gasteiger partial charge in [0, 0.05) is 13.6 Å². The van der Waals surface area contributed by atoms with Gasteiger partial charge in [-0.2, -0.15) is 0 Å². The number of urea groups is 1. The topological polar surface area (TPSA) is 61.8 Å². The Balaban J connectivity index is 1.59. The van der Waals surface area contributed by atoms with Gasteiger partial charge in [-0.1, -0.05) is 35.3 Å². The van der Waals surface area contributed by atoms with Gasteiger partial charge in [0.05, 0.1) is 7.05 Å². The number of amidine groups is 1. The van der Waals surface area contributed by atoms with Crippen LogP contribution < -0.4 is 4.57 Å². The summed E-state index contributed by atoms with van der Waals surface area (Å²) in [4.78, 5) is 33.5. The number of carbonyl (C=O) groups is 2. The number of fused-ring (bicyclic) bond motifs is 3. The maximum atomic E-state index is 13.2. The molecule has 1 aromatic heterocycles. The number of carbonyl (C=O) groups excluding carboxylic acids is 2. The van der Waals surface area contributed by atoms with E-state index in [2.05, 4.69) is 17.1 Å². The van der Waals surface area contributed by atoms with Crippen molar-refractivity contribution in [2.24, 2.45) is 12.0 Å². The minimum Gasteiger partial charge on any atom is -0.270 e. The van der Waals surface area contributed by atoms with Gasteiger partial charge in [0.2, 0.25) is 11.9 Å². The Morgan fingerprint density at radius 1 is 1.15 bits per heavy atom. The van der Waals surface area contributed by atoms with E-state index in [0.29, 0.717) is 18.3 Å². The van der Waals surface area contributed by atoms with Crippen molar-refractivity contribution in [3.05, 3.63) is 47.3 Å². The van der Waals surface area contributed by atoms with E-state index in [1.165, 1.54) is 15.4 Å². The molecule has 0 spiro atoms. The van der Waals surface area contributed by atoms with Crippen molar-refractivity contribution in [2.75, 3.05) is 13.6 Å². The van der Waals surface area contributed by atoms with E-state index < -0.39 is 6.04 Å². The monoisotopic (exact) mass is 366 g/mol. The number of nitrogens with zero attached hydrogens (tertiary/aromatic N) is 5. The van der Waals surface area contributed by atoms with Crippen LogP contribution in [0, 0.1) is 13.8 Å². The quantitative estimate of drug-likeness (QED) is 0.778. The van der Waals surface area contributed by atoms with Crippen molar-refractivity contribution in [1.29, 1.82) is 0 Å². The first-order valence-corrected chi connectivity index (χ1v) is 9.20. The van der Waals surface area contributed by atoms with Crippen molar-refractivity contribution in [2.45, 2.75) is 32.7 Å². The molecule has 0 radical (unpaired) electrons. The molecular formula is C20H24N5O2+. The molecule has 7 heteroatoms. The molecule has 7 nitrogen and oxygen atoms in total. The van der Waals surface area contributed by atoms with Gasteiger partial charge in [0.15, 0.2) is 0 Å². The Hall–Kier alpha value is -2.96. The summed E-state index contributed by atoms with van der Waals surface area (Å²) in [5.74, 6) is 1.03. The van der Waals surface area contributed by atoms with Crippen LogP contribution in [0.2, 0.25) is 0 Å². The summed E-state index contributed by atoms with van der Waals surface area (Å²) >= 11 is 0. The summed E-state index contributed by atoms with van der Waals surface area (Å²) in [6.45, 7) is 4.40. The number of rotatable bonds is 4. The lowest BCUT2D eigenvalue weighted by Crippen LogP contribution is -2.57. The molecule has 0 bridgehead atoms. The van der Waals surface area contributed by atoms with E-state index >= 15 is 0 Å². The number of aliphatic imine (C=N–C) groups is 1. The van der Waals surface area contributed by atoms with E-state index in [9.17, 15) is 9.59 Å². The number of aromatic nitrogens is 2. The third-order valence-corrected chi connectivity index (χ3v) is 5.67. The Labute approximate surface area is 158 Å². The van der Waals surface area contributed by atoms with Crippen LogP contribution in [0.3, 0.4) is 0 Å². The van der Waals surface area contributed by atoms with Gasteiger partial charge < -0.3 is 0 Å². The van der Waals surface area contributed by atoms with Gasteiger partial charge >= 0.3 is 12.0 Å². The maximum absolute atomic E-state index is 13.2. The van der Waals surface area contributed by atoms with Crippen LogP contribution in [-0.2, 0) is 18.3 Å². The highest BCUT2D eigenvalue weighted by Gasteiger charge is 2.53. The molecule has 1 aromatic carbocycles. The number of imide groups is 1. The van der Waals surface area contributed by atoms with Gasteiger partial charge in [-0.3, -0.25) is 14.6 Å². The number of likely N-dealkylation sites (N-methyl/N-ethyl adjacent to an activating group) is 1. The van der Waals surface area contributed by atoms with E-state index in [1.54, 1.807) is 7.05 Å². The standard InChI is InChI=1S/C20H24N5O2/c1-13-14(2)25-16-17(21-19(25)22(13)3)23(4)20(27)24(18(16)26)12-8-11-15-9-6-5-7-10-15/h5-7,9-10,16H,8,11-12H2,1-4H3/q+1. The first kappa shape index (κ1) is 17.5. The molecule has 140 valence electrons. The largest absolute Gasteiger partial charge is 0.401 e. The van der Waals surface area contributed by atoms with Crippen molar-refractivity contribution in [1.82, 2.24) is 14.4 Å². The highest BCUT2D eigenvalue weighted by atomic mass is 16.2. The molecular weight excluding hydrogens is 342 g/mol. The number of hydrogen-bond acceptors (Lipinski definition) is 3. The zero-order valence-electron chi connectivity index (χ0n) is 16.1. The fraction of sp³-hybridized carbons (Fsp3) is 0.400. The summed E-state index contributed by atoms with van der Waals surface area (Å²) in [6, 6.07) is 9.25. The molecule has 3 heterocycles. The lowest BCUT2D eigenvalue weighted by Gasteiger charge is -2.33. The van der Waals surface area contributed by atoms with Crippen LogP contribution >= 0.6 is 0 Å². The molecule has 1 saturated heterocycles. The number of amides is 3. The summed E-state index contributed by atoms with van der Waals surface area (Å²) < 4.78 is 3.91. The number of hydrogen-bond donors (Lipinski definition) is 0. The van der Waals surface area contributed by atoms with Gasteiger partial charge in [0.25, 0.3) is 5.91 Å². The van der Waals surface area contributed by atoms with Gasteiger partial charge in [0.1, 0.15) is 11.4 Å². The lowest BCUT2D eigenvalue weighted by atomic mass is 10.1. The highest BCUT2D eigenvalue weighted by molar-refractivity contribution is 6.20. The predicted octanol–water partition coefficient (Wildman–Crippen LogP) is 2.04. The molecule has 3 amide bonds. The molecule has 2 aromatic rings. The third kappa shape index (κ3) is 2.57. The Kier molecular flexibility index (Phi) is 4.09. The molecule has 0 N–H and O–H groups in total. The second-order valence-electron chi connectivity index (χ2n) is 7.19. The van der Waals surface area contributed by atoms with Crippen LogP contribution in [-0.4, -0.2) is 45.7 Å². The second-order valence-corrected chi connectivity index (χ2v) is 7.19. The zero-order chi connectivity index (χ0) is 19.3. The lowest BCUT2D eigenvalue weighted by molar-refractivity contribution is -0.663. The fourth-order valence-electron chi connectivity index (χ4n) is 3.89. The number of aryl methyl sites for hydroxylation is 1. The normalized spacial score (nSPS) is 18.7. The molecule has 0 saturated carbocycles. The molecule has 4 rings (SSSR count). The minimum atomic E-state index is -0.556. The van der Waals surface area contributed by atoms with Crippen LogP contribution in [0.15, 0.2) is 35.3 Å². The molecule has 1 atom stereocenters. The van der Waals surface area contributed by atoms with Gasteiger partial charge in [-0.15, -0.1) is 0 Å². The molecule has 1 unspecified atom stereocenters. The Bertz CT molecular complexity index is 960. The van der Waals surface area contributed by atoms with E-state index in [0.717, 1.165) is 24.2 Å². The third-order valence-electron chi connectivity index (χ3n) is 5.67. The number of imidazole rings is 1. The second kappa shape index (κ2) is 6.33. The molecule has 0 aliphatic carbocycles. The van der Waals surface area contributed by atoms with E-state index in [1.807, 2.05) is 48.2 Å². The van der Waals surface area contributed by atoms with Crippen LogP contribution in [0.5, 0.6) is 0 Å². The predicted molar refractivity (Wildman–Crippen MR) is 101 cm³/mol. The first-order chi connectivity index (χ1) is 12.9. The SMILES string of the molecule is Cc1c(C)[n+](C)c2n1C1C(=O)N(CCCc3ccccc3)C(=O)N(C)C1=N2. The first-order valence-electron chi connectivity index (χ1n) is 9.20. The van der Waals surface area contributed by atoms with Crippen LogP contribution in [0.25, 0.3) is 0 Å². The van der Waals surface area contributed by atoms with Crippen molar-refractivity contribution >= 4 is 23.7 Å². The Morgan fingerprint density at radius 3 is 2.56 bits per heavy atom. The number of benzene rings is 1. The van der Waals surface area contributed by atoms with Crippen molar-refractivity contribution < 1.29 is 14.2 Å². The van der Waals surface area contributed by atoms with Crippen LogP contribution in [0.1, 0.15) is 29.4 Å². The molecule has 2 aliphatic rings. The van der Waals surface area contributed by atoms with Gasteiger partial charge in [-0.05, 0) is 32.3 Å². The van der Waals surface area contributed by atoms with E-state index in [-0.39, 0.29) is 11.9 Å². The molecule has 2 aliphatic heterocycles. The summed E-state index contributed by atoms with van der Waals surface area (Å²) in [6.07, 6.45) is 1.56. The fourth-order valence-corrected chi connectivity index (χ4v) is 3.89. The Morgan fingerprint density at radius 2 is 1.85 bits per heavy atom. The highest BCUT2D eigenvalue weighted by Crippen LogP contribution is 2.34.